The third kappa shape index (κ3) is 6.07. The molecule has 0 bridgehead atoms. The van der Waals surface area contributed by atoms with Gasteiger partial charge in [-0.25, -0.2) is 21.9 Å². The summed E-state index contributed by atoms with van der Waals surface area (Å²) in [4.78, 5) is 11.6. The van der Waals surface area contributed by atoms with E-state index in [-0.39, 0.29) is 12.0 Å². The van der Waals surface area contributed by atoms with Crippen LogP contribution in [0.2, 0.25) is 0 Å². The number of aliphatic hydroxyl groups is 1. The van der Waals surface area contributed by atoms with Gasteiger partial charge in [0.2, 0.25) is 10.0 Å². The van der Waals surface area contributed by atoms with Crippen LogP contribution in [0.5, 0.6) is 0 Å². The maximum atomic E-state index is 13.9. The van der Waals surface area contributed by atoms with Gasteiger partial charge in [-0.15, -0.1) is 0 Å². The topological polar surface area (TPSA) is 105 Å². The van der Waals surface area contributed by atoms with Crippen LogP contribution in [0.1, 0.15) is 29.6 Å². The summed E-state index contributed by atoms with van der Waals surface area (Å²) in [5.41, 5.74) is 0.335. The van der Waals surface area contributed by atoms with Crippen molar-refractivity contribution in [1.82, 2.24) is 10.0 Å². The van der Waals surface area contributed by atoms with E-state index in [2.05, 4.69) is 10.0 Å². The molecule has 0 aromatic heterocycles. The highest BCUT2D eigenvalue weighted by Crippen LogP contribution is 2.24. The molecule has 0 spiro atoms. The molecule has 1 aliphatic heterocycles. The summed E-state index contributed by atoms with van der Waals surface area (Å²) in [6.07, 6.45) is 0.243. The molecule has 168 valence electrons. The molecule has 0 aliphatic carbocycles. The van der Waals surface area contributed by atoms with Crippen LogP contribution in [0.25, 0.3) is 0 Å². The molecule has 10 heteroatoms. The molecule has 1 aliphatic rings. The van der Waals surface area contributed by atoms with Crippen LogP contribution in [0.4, 0.5) is 8.78 Å². The smallest absolute Gasteiger partial charge is 0.251 e. The largest absolute Gasteiger partial charge is 0.394 e. The van der Waals surface area contributed by atoms with Gasteiger partial charge in [0.1, 0.15) is 16.5 Å². The lowest BCUT2D eigenvalue weighted by atomic mass is 9.98. The molecule has 0 radical (unpaired) electrons. The van der Waals surface area contributed by atoms with Gasteiger partial charge in [0.05, 0.1) is 24.9 Å². The zero-order valence-corrected chi connectivity index (χ0v) is 17.4. The van der Waals surface area contributed by atoms with Crippen LogP contribution in [0, 0.1) is 11.6 Å². The molecule has 1 fully saturated rings. The Morgan fingerprint density at radius 2 is 1.81 bits per heavy atom. The van der Waals surface area contributed by atoms with E-state index >= 15 is 0 Å². The molecular weight excluding hydrogens is 430 g/mol. The van der Waals surface area contributed by atoms with Gasteiger partial charge in [-0.1, -0.05) is 12.1 Å². The standard InChI is InChI=1S/C21H24F2N2O5S/c22-15-7-5-14(6-8-15)21(27)24-12-11-16-9-10-18(19(13-26)30-16)25-31(28,29)20-4-2-1-3-17(20)23/h1-8,16,18-19,25-26H,9-13H2,(H,24,27)/t16-,18-,19+/m1/s1. The average molecular weight is 454 g/mol. The molecule has 0 saturated carbocycles. The number of hydrogen-bond acceptors (Lipinski definition) is 5. The van der Waals surface area contributed by atoms with Gasteiger partial charge in [0.15, 0.2) is 0 Å². The summed E-state index contributed by atoms with van der Waals surface area (Å²) in [5.74, 6) is -1.63. The number of nitrogens with one attached hydrogen (secondary N) is 2. The number of benzene rings is 2. The van der Waals surface area contributed by atoms with Gasteiger partial charge in [0, 0.05) is 12.1 Å². The molecule has 1 saturated heterocycles. The summed E-state index contributed by atoms with van der Waals surface area (Å²) < 4.78 is 60.0. The van der Waals surface area contributed by atoms with Crippen LogP contribution in [-0.4, -0.2) is 50.8 Å². The van der Waals surface area contributed by atoms with Gasteiger partial charge < -0.3 is 15.2 Å². The fourth-order valence-corrected chi connectivity index (χ4v) is 4.83. The Morgan fingerprint density at radius 3 is 2.48 bits per heavy atom. The fraction of sp³-hybridized carbons (Fsp3) is 0.381. The number of ether oxygens (including phenoxy) is 1. The molecular formula is C21H24F2N2O5S. The van der Waals surface area contributed by atoms with Crippen molar-refractivity contribution in [3.63, 3.8) is 0 Å². The lowest BCUT2D eigenvalue weighted by Gasteiger charge is -2.36. The van der Waals surface area contributed by atoms with E-state index in [0.29, 0.717) is 31.4 Å². The first-order valence-corrected chi connectivity index (χ1v) is 11.4. The third-order valence-corrected chi connectivity index (χ3v) is 6.61. The molecule has 1 amide bonds. The molecule has 0 unspecified atom stereocenters. The molecule has 2 aromatic rings. The van der Waals surface area contributed by atoms with Gasteiger partial charge in [-0.2, -0.15) is 0 Å². The number of aliphatic hydroxyl groups excluding tert-OH is 1. The van der Waals surface area contributed by atoms with Gasteiger partial charge in [-0.3, -0.25) is 4.79 Å². The van der Waals surface area contributed by atoms with Crippen molar-refractivity contribution < 1.29 is 31.8 Å². The van der Waals surface area contributed by atoms with E-state index in [0.717, 1.165) is 6.07 Å². The maximum absolute atomic E-state index is 13.9. The van der Waals surface area contributed by atoms with Crippen molar-refractivity contribution in [2.45, 2.75) is 42.4 Å². The van der Waals surface area contributed by atoms with Crippen LogP contribution >= 0.6 is 0 Å². The second kappa shape index (κ2) is 10.3. The van der Waals surface area contributed by atoms with Crippen molar-refractivity contribution >= 4 is 15.9 Å². The molecule has 3 rings (SSSR count). The first-order valence-electron chi connectivity index (χ1n) is 9.87. The molecule has 1 heterocycles. The first kappa shape index (κ1) is 23.3. The number of carbonyl (C=O) groups is 1. The Labute approximate surface area is 179 Å². The van der Waals surface area contributed by atoms with Crippen LogP contribution in [0.3, 0.4) is 0 Å². The van der Waals surface area contributed by atoms with E-state index in [9.17, 15) is 27.1 Å². The highest BCUT2D eigenvalue weighted by Gasteiger charge is 2.34. The van der Waals surface area contributed by atoms with Crippen molar-refractivity contribution in [1.29, 1.82) is 0 Å². The Bertz CT molecular complexity index is 1000. The highest BCUT2D eigenvalue weighted by atomic mass is 32.2. The lowest BCUT2D eigenvalue weighted by molar-refractivity contribution is -0.0871. The normalized spacial score (nSPS) is 21.6. The lowest BCUT2D eigenvalue weighted by Crippen LogP contribution is -2.51. The van der Waals surface area contributed by atoms with E-state index in [1.54, 1.807) is 0 Å². The Kier molecular flexibility index (Phi) is 7.71. The van der Waals surface area contributed by atoms with Crippen molar-refractivity contribution in [2.24, 2.45) is 0 Å². The van der Waals surface area contributed by atoms with E-state index in [4.69, 9.17) is 4.74 Å². The highest BCUT2D eigenvalue weighted by molar-refractivity contribution is 7.89. The minimum Gasteiger partial charge on any atom is -0.394 e. The first-order chi connectivity index (χ1) is 14.8. The minimum absolute atomic E-state index is 0.292. The monoisotopic (exact) mass is 454 g/mol. The fourth-order valence-electron chi connectivity index (χ4n) is 3.45. The molecule has 7 nitrogen and oxygen atoms in total. The number of sulfonamides is 1. The molecule has 31 heavy (non-hydrogen) atoms. The van der Waals surface area contributed by atoms with Gasteiger partial charge in [-0.05, 0) is 55.7 Å². The second-order valence-electron chi connectivity index (χ2n) is 7.27. The van der Waals surface area contributed by atoms with E-state index in [1.165, 1.54) is 42.5 Å². The number of carbonyl (C=O) groups excluding carboxylic acids is 1. The molecule has 3 atom stereocenters. The SMILES string of the molecule is O=C(NCC[C@H]1CC[C@@H](NS(=O)(=O)c2ccccc2F)[C@H](CO)O1)c1ccc(F)cc1. The van der Waals surface area contributed by atoms with Crippen LogP contribution in [0.15, 0.2) is 53.4 Å². The Morgan fingerprint density at radius 1 is 1.10 bits per heavy atom. The summed E-state index contributed by atoms with van der Waals surface area (Å²) in [6.45, 7) is -0.118. The zero-order valence-electron chi connectivity index (χ0n) is 16.6. The predicted molar refractivity (Wildman–Crippen MR) is 109 cm³/mol. The second-order valence-corrected chi connectivity index (χ2v) is 8.95. The molecule has 2 aromatic carbocycles. The Balaban J connectivity index is 1.51. The number of amides is 1. The van der Waals surface area contributed by atoms with E-state index in [1.807, 2.05) is 0 Å². The number of halogens is 2. The van der Waals surface area contributed by atoms with Crippen molar-refractivity contribution in [3.05, 3.63) is 65.7 Å². The summed E-state index contributed by atoms with van der Waals surface area (Å²) >= 11 is 0. The van der Waals surface area contributed by atoms with Crippen LogP contribution in [-0.2, 0) is 14.8 Å². The van der Waals surface area contributed by atoms with Crippen LogP contribution < -0.4 is 10.0 Å². The van der Waals surface area contributed by atoms with Gasteiger partial charge >= 0.3 is 0 Å². The van der Waals surface area contributed by atoms with Crippen molar-refractivity contribution in [3.8, 4) is 0 Å². The summed E-state index contributed by atoms with van der Waals surface area (Å²) in [7, 11) is -4.11. The molecule has 3 N–H and O–H groups in total. The zero-order chi connectivity index (χ0) is 22.4. The quantitative estimate of drug-likeness (QED) is 0.566. The number of rotatable bonds is 8. The maximum Gasteiger partial charge on any atom is 0.251 e. The Hall–Kier alpha value is -2.40. The van der Waals surface area contributed by atoms with Gasteiger partial charge in [0.25, 0.3) is 5.91 Å². The minimum atomic E-state index is -4.11. The summed E-state index contributed by atoms with van der Waals surface area (Å²) in [6, 6.07) is 9.52. The number of hydrogen-bond donors (Lipinski definition) is 3. The predicted octanol–water partition coefficient (Wildman–Crippen LogP) is 1.97. The average Bonchev–Trinajstić information content (AvgIpc) is 2.75. The third-order valence-electron chi connectivity index (χ3n) is 5.09. The summed E-state index contributed by atoms with van der Waals surface area (Å²) in [5, 5.41) is 12.4. The van der Waals surface area contributed by atoms with Crippen molar-refractivity contribution in [2.75, 3.05) is 13.2 Å². The van der Waals surface area contributed by atoms with E-state index < -0.39 is 45.3 Å².